The molecule has 2 aromatic carbocycles. The maximum absolute atomic E-state index is 10.3. The van der Waals surface area contributed by atoms with Crippen molar-refractivity contribution < 1.29 is 9.84 Å². The predicted molar refractivity (Wildman–Crippen MR) is 80.2 cm³/mol. The summed E-state index contributed by atoms with van der Waals surface area (Å²) in [6.45, 7) is 0. The summed E-state index contributed by atoms with van der Waals surface area (Å²) in [7, 11) is 1.63. The highest BCUT2D eigenvalue weighted by molar-refractivity contribution is 9.10. The highest BCUT2D eigenvalue weighted by Gasteiger charge is 2.11. The molecule has 4 heteroatoms. The molecule has 2 rings (SSSR count). The molecule has 0 bridgehead atoms. The van der Waals surface area contributed by atoms with Crippen LogP contribution in [0.5, 0.6) is 5.75 Å². The maximum Gasteiger partial charge on any atom is 0.119 e. The van der Waals surface area contributed by atoms with E-state index in [9.17, 15) is 5.11 Å². The molecule has 1 unspecified atom stereocenters. The van der Waals surface area contributed by atoms with Gasteiger partial charge in [-0.25, -0.2) is 0 Å². The molecule has 0 heterocycles. The number of nitrogens with two attached hydrogens (primary N) is 1. The van der Waals surface area contributed by atoms with Gasteiger partial charge in [-0.2, -0.15) is 0 Å². The third-order valence-corrected chi connectivity index (χ3v) is 3.76. The van der Waals surface area contributed by atoms with Gasteiger partial charge in [-0.1, -0.05) is 28.1 Å². The second kappa shape index (κ2) is 6.08. The molecule has 1 atom stereocenters. The monoisotopic (exact) mass is 321 g/mol. The molecule has 0 amide bonds. The lowest BCUT2D eigenvalue weighted by Gasteiger charge is -2.13. The van der Waals surface area contributed by atoms with E-state index in [4.69, 9.17) is 10.5 Å². The lowest BCUT2D eigenvalue weighted by Crippen LogP contribution is -2.03. The van der Waals surface area contributed by atoms with Crippen molar-refractivity contribution in [3.8, 4) is 5.75 Å². The zero-order valence-electron chi connectivity index (χ0n) is 10.6. The minimum Gasteiger partial charge on any atom is -0.497 e. The van der Waals surface area contributed by atoms with Crippen molar-refractivity contribution >= 4 is 21.6 Å². The van der Waals surface area contributed by atoms with E-state index >= 15 is 0 Å². The summed E-state index contributed by atoms with van der Waals surface area (Å²) < 4.78 is 6.15. The first kappa shape index (κ1) is 13.9. The molecule has 0 aliphatic carbocycles. The standard InChI is InChI=1S/C15H16BrNO2/c1-19-13-6-7-14(16)11(8-13)9-15(18)10-2-4-12(17)5-3-10/h2-8,15,18H,9,17H2,1H3. The van der Waals surface area contributed by atoms with Gasteiger partial charge in [0.15, 0.2) is 0 Å². The number of rotatable bonds is 4. The molecule has 0 fully saturated rings. The van der Waals surface area contributed by atoms with Crippen LogP contribution in [0.2, 0.25) is 0 Å². The fraction of sp³-hybridized carbons (Fsp3) is 0.200. The molecule has 2 aromatic rings. The van der Waals surface area contributed by atoms with Gasteiger partial charge in [0.25, 0.3) is 0 Å². The van der Waals surface area contributed by atoms with Gasteiger partial charge in [-0.05, 0) is 41.5 Å². The first-order valence-corrected chi connectivity index (χ1v) is 6.75. The summed E-state index contributed by atoms with van der Waals surface area (Å²) in [6.07, 6.45) is -0.0502. The SMILES string of the molecule is COc1ccc(Br)c(CC(O)c2ccc(N)cc2)c1. The molecule has 3 nitrogen and oxygen atoms in total. The van der Waals surface area contributed by atoms with Crippen LogP contribution in [0.3, 0.4) is 0 Å². The molecule has 0 saturated carbocycles. The molecule has 0 radical (unpaired) electrons. The highest BCUT2D eigenvalue weighted by atomic mass is 79.9. The molecule has 3 N–H and O–H groups in total. The Morgan fingerprint density at radius 1 is 1.21 bits per heavy atom. The quantitative estimate of drug-likeness (QED) is 0.849. The smallest absolute Gasteiger partial charge is 0.119 e. The van der Waals surface area contributed by atoms with E-state index in [0.717, 1.165) is 21.3 Å². The van der Waals surface area contributed by atoms with Crippen LogP contribution in [-0.4, -0.2) is 12.2 Å². The molecular formula is C15H16BrNO2. The van der Waals surface area contributed by atoms with Gasteiger partial charge in [0, 0.05) is 16.6 Å². The fourth-order valence-electron chi connectivity index (χ4n) is 1.88. The maximum atomic E-state index is 10.3. The lowest BCUT2D eigenvalue weighted by atomic mass is 10.0. The Hall–Kier alpha value is -1.52. The summed E-state index contributed by atoms with van der Waals surface area (Å²) in [6, 6.07) is 13.0. The first-order chi connectivity index (χ1) is 9.10. The zero-order chi connectivity index (χ0) is 13.8. The van der Waals surface area contributed by atoms with Crippen LogP contribution in [-0.2, 0) is 6.42 Å². The van der Waals surface area contributed by atoms with Crippen molar-refractivity contribution in [2.75, 3.05) is 12.8 Å². The minimum absolute atomic E-state index is 0.516. The van der Waals surface area contributed by atoms with E-state index < -0.39 is 6.10 Å². The second-order valence-electron chi connectivity index (χ2n) is 4.34. The molecular weight excluding hydrogens is 306 g/mol. The molecule has 0 aromatic heterocycles. The van der Waals surface area contributed by atoms with Gasteiger partial charge in [-0.3, -0.25) is 0 Å². The topological polar surface area (TPSA) is 55.5 Å². The van der Waals surface area contributed by atoms with Crippen molar-refractivity contribution in [1.29, 1.82) is 0 Å². The van der Waals surface area contributed by atoms with Crippen molar-refractivity contribution in [2.24, 2.45) is 0 Å². The van der Waals surface area contributed by atoms with Gasteiger partial charge in [0.05, 0.1) is 13.2 Å². The largest absolute Gasteiger partial charge is 0.497 e. The fourth-order valence-corrected chi connectivity index (χ4v) is 2.29. The number of aliphatic hydroxyl groups excluding tert-OH is 1. The van der Waals surface area contributed by atoms with Crippen molar-refractivity contribution in [1.82, 2.24) is 0 Å². The van der Waals surface area contributed by atoms with Crippen LogP contribution in [0, 0.1) is 0 Å². The van der Waals surface area contributed by atoms with E-state index in [-0.39, 0.29) is 0 Å². The van der Waals surface area contributed by atoms with E-state index in [1.54, 1.807) is 19.2 Å². The van der Waals surface area contributed by atoms with Gasteiger partial charge in [0.1, 0.15) is 5.75 Å². The van der Waals surface area contributed by atoms with Crippen molar-refractivity contribution in [3.05, 3.63) is 58.1 Å². The van der Waals surface area contributed by atoms with E-state index in [1.807, 2.05) is 30.3 Å². The number of aliphatic hydroxyl groups is 1. The Morgan fingerprint density at radius 2 is 1.89 bits per heavy atom. The van der Waals surface area contributed by atoms with Crippen LogP contribution < -0.4 is 10.5 Å². The average Bonchev–Trinajstić information content (AvgIpc) is 2.42. The van der Waals surface area contributed by atoms with Crippen LogP contribution >= 0.6 is 15.9 Å². The Balaban J connectivity index is 2.18. The summed E-state index contributed by atoms with van der Waals surface area (Å²) in [5.41, 5.74) is 8.18. The predicted octanol–water partition coefficient (Wildman–Crippen LogP) is 3.32. The van der Waals surface area contributed by atoms with Crippen molar-refractivity contribution in [3.63, 3.8) is 0 Å². The molecule has 0 aliphatic rings. The number of ether oxygens (including phenoxy) is 1. The van der Waals surface area contributed by atoms with E-state index in [2.05, 4.69) is 15.9 Å². The van der Waals surface area contributed by atoms with Crippen LogP contribution in [0.25, 0.3) is 0 Å². The molecule has 0 spiro atoms. The normalized spacial score (nSPS) is 12.2. The Bertz CT molecular complexity index is 555. The molecule has 0 saturated heterocycles. The van der Waals surface area contributed by atoms with E-state index in [1.165, 1.54) is 0 Å². The molecule has 100 valence electrons. The number of hydrogen-bond acceptors (Lipinski definition) is 3. The third kappa shape index (κ3) is 3.49. The van der Waals surface area contributed by atoms with Crippen molar-refractivity contribution in [2.45, 2.75) is 12.5 Å². The van der Waals surface area contributed by atoms with Crippen LogP contribution in [0.1, 0.15) is 17.2 Å². The average molecular weight is 322 g/mol. The summed E-state index contributed by atoms with van der Waals surface area (Å²) in [5, 5.41) is 10.3. The van der Waals surface area contributed by atoms with Gasteiger partial charge < -0.3 is 15.6 Å². The third-order valence-electron chi connectivity index (χ3n) is 2.99. The Morgan fingerprint density at radius 3 is 2.53 bits per heavy atom. The first-order valence-electron chi connectivity index (χ1n) is 5.96. The van der Waals surface area contributed by atoms with Gasteiger partial charge in [0.2, 0.25) is 0 Å². The lowest BCUT2D eigenvalue weighted by molar-refractivity contribution is 0.178. The number of nitrogen functional groups attached to an aromatic ring is 1. The number of hydrogen-bond donors (Lipinski definition) is 2. The summed E-state index contributed by atoms with van der Waals surface area (Å²) >= 11 is 3.49. The van der Waals surface area contributed by atoms with Gasteiger partial charge >= 0.3 is 0 Å². The second-order valence-corrected chi connectivity index (χ2v) is 5.20. The molecule has 19 heavy (non-hydrogen) atoms. The van der Waals surface area contributed by atoms with Gasteiger partial charge in [-0.15, -0.1) is 0 Å². The van der Waals surface area contributed by atoms with Crippen LogP contribution in [0.15, 0.2) is 46.9 Å². The zero-order valence-corrected chi connectivity index (χ0v) is 12.2. The minimum atomic E-state index is -0.566. The Labute approximate surface area is 121 Å². The van der Waals surface area contributed by atoms with E-state index in [0.29, 0.717) is 12.1 Å². The highest BCUT2D eigenvalue weighted by Crippen LogP contribution is 2.27. The number of benzene rings is 2. The number of anilines is 1. The summed E-state index contributed by atoms with van der Waals surface area (Å²) in [4.78, 5) is 0. The number of halogens is 1. The Kier molecular flexibility index (Phi) is 4.45. The number of methoxy groups -OCH3 is 1. The summed E-state index contributed by atoms with van der Waals surface area (Å²) in [5.74, 6) is 0.780. The van der Waals surface area contributed by atoms with Crippen LogP contribution in [0.4, 0.5) is 5.69 Å². The molecule has 0 aliphatic heterocycles.